The third-order valence-electron chi connectivity index (χ3n) is 6.41. The lowest BCUT2D eigenvalue weighted by Crippen LogP contribution is -2.38. The van der Waals surface area contributed by atoms with Crippen molar-refractivity contribution >= 4 is 22.4 Å². The highest BCUT2D eigenvalue weighted by molar-refractivity contribution is 5.91. The minimum Gasteiger partial charge on any atom is -0.388 e. The predicted octanol–water partition coefficient (Wildman–Crippen LogP) is 2.03. The molecule has 5 rings (SSSR count). The Labute approximate surface area is 181 Å². The molecule has 164 valence electrons. The number of ether oxygens (including phenoxy) is 1. The molecule has 2 aliphatic heterocycles. The molecule has 0 aliphatic carbocycles. The number of aromatic nitrogens is 5. The van der Waals surface area contributed by atoms with Gasteiger partial charge in [-0.2, -0.15) is 5.10 Å². The van der Waals surface area contributed by atoms with Crippen molar-refractivity contribution in [2.45, 2.75) is 32.4 Å². The number of anilines is 2. The van der Waals surface area contributed by atoms with Crippen molar-refractivity contribution in [3.8, 4) is 0 Å². The number of aryl methyl sites for hydroxylation is 1. The average Bonchev–Trinajstić information content (AvgIpc) is 3.33. The summed E-state index contributed by atoms with van der Waals surface area (Å²) in [4.78, 5) is 4.56. The number of hydrogen-bond donors (Lipinski definition) is 1. The van der Waals surface area contributed by atoms with Crippen molar-refractivity contribution in [1.29, 1.82) is 0 Å². The standard InChI is InChI=1S/C22H29N7O2/c1-2-29-15-17(13-23-29)21(30)16-4-3-7-28(14-16)22-19-6-5-18(12-20(19)24-26-25-22)27-8-10-31-11-9-27/h5-6,12-13,15-16,21,30H,2-4,7-11,14H2,1H3/t16?,21-/m0/s1. The van der Waals surface area contributed by atoms with Gasteiger partial charge < -0.3 is 19.6 Å². The third kappa shape index (κ3) is 4.07. The van der Waals surface area contributed by atoms with E-state index in [1.807, 2.05) is 17.8 Å². The summed E-state index contributed by atoms with van der Waals surface area (Å²) in [5.74, 6) is 0.973. The van der Waals surface area contributed by atoms with Gasteiger partial charge >= 0.3 is 0 Å². The van der Waals surface area contributed by atoms with Gasteiger partial charge in [-0.15, -0.1) is 10.2 Å². The number of morpholine rings is 1. The molecular weight excluding hydrogens is 394 g/mol. The number of aliphatic hydroxyl groups excluding tert-OH is 1. The van der Waals surface area contributed by atoms with Gasteiger partial charge in [-0.1, -0.05) is 0 Å². The smallest absolute Gasteiger partial charge is 0.162 e. The van der Waals surface area contributed by atoms with Gasteiger partial charge in [0, 0.05) is 61.5 Å². The zero-order chi connectivity index (χ0) is 21.2. The molecule has 2 saturated heterocycles. The van der Waals surface area contributed by atoms with Gasteiger partial charge in [-0.05, 0) is 43.2 Å². The van der Waals surface area contributed by atoms with Gasteiger partial charge in [-0.25, -0.2) is 0 Å². The Morgan fingerprint density at radius 1 is 1.16 bits per heavy atom. The van der Waals surface area contributed by atoms with E-state index in [0.717, 1.165) is 86.8 Å². The highest BCUT2D eigenvalue weighted by Gasteiger charge is 2.29. The molecule has 0 spiro atoms. The van der Waals surface area contributed by atoms with Crippen LogP contribution in [0.5, 0.6) is 0 Å². The number of nitrogens with zero attached hydrogens (tertiary/aromatic N) is 7. The van der Waals surface area contributed by atoms with Crippen LogP contribution in [0.4, 0.5) is 11.5 Å². The van der Waals surface area contributed by atoms with E-state index in [1.165, 1.54) is 0 Å². The van der Waals surface area contributed by atoms with E-state index < -0.39 is 6.10 Å². The lowest BCUT2D eigenvalue weighted by molar-refractivity contribution is 0.0979. The van der Waals surface area contributed by atoms with E-state index in [0.29, 0.717) is 0 Å². The molecule has 2 atom stereocenters. The first-order chi connectivity index (χ1) is 15.2. The highest BCUT2D eigenvalue weighted by atomic mass is 16.5. The number of piperidine rings is 1. The van der Waals surface area contributed by atoms with E-state index in [4.69, 9.17) is 4.74 Å². The molecule has 0 amide bonds. The fraction of sp³-hybridized carbons (Fsp3) is 0.545. The minimum absolute atomic E-state index is 0.126. The van der Waals surface area contributed by atoms with Gasteiger partial charge in [0.1, 0.15) is 5.52 Å². The van der Waals surface area contributed by atoms with Gasteiger partial charge in [-0.3, -0.25) is 4.68 Å². The third-order valence-corrected chi connectivity index (χ3v) is 6.41. The van der Waals surface area contributed by atoms with Gasteiger partial charge in [0.15, 0.2) is 5.82 Å². The van der Waals surface area contributed by atoms with Gasteiger partial charge in [0.25, 0.3) is 0 Å². The Kier molecular flexibility index (Phi) is 5.69. The molecule has 2 aliphatic rings. The summed E-state index contributed by atoms with van der Waals surface area (Å²) in [5.41, 5.74) is 2.87. The zero-order valence-electron chi connectivity index (χ0n) is 17.9. The quantitative estimate of drug-likeness (QED) is 0.666. The SMILES string of the molecule is CCn1cc([C@@H](O)C2CCCN(c3nnnc4cc(N5CCOCC5)ccc34)C2)cn1. The molecular formula is C22H29N7O2. The van der Waals surface area contributed by atoms with Crippen LogP contribution in [0, 0.1) is 5.92 Å². The first-order valence-electron chi connectivity index (χ1n) is 11.1. The molecule has 9 nitrogen and oxygen atoms in total. The zero-order valence-corrected chi connectivity index (χ0v) is 17.9. The van der Waals surface area contributed by atoms with E-state index in [2.05, 4.69) is 48.5 Å². The summed E-state index contributed by atoms with van der Waals surface area (Å²) in [5, 5.41) is 29.0. The molecule has 0 bridgehead atoms. The fourth-order valence-electron chi connectivity index (χ4n) is 4.65. The molecule has 2 aromatic heterocycles. The van der Waals surface area contributed by atoms with Crippen molar-refractivity contribution in [3.63, 3.8) is 0 Å². The monoisotopic (exact) mass is 423 g/mol. The predicted molar refractivity (Wildman–Crippen MR) is 118 cm³/mol. The van der Waals surface area contributed by atoms with Crippen LogP contribution in [0.15, 0.2) is 30.6 Å². The van der Waals surface area contributed by atoms with E-state index in [9.17, 15) is 5.11 Å². The average molecular weight is 424 g/mol. The topological polar surface area (TPSA) is 92.4 Å². The van der Waals surface area contributed by atoms with Crippen LogP contribution < -0.4 is 9.80 Å². The summed E-state index contributed by atoms with van der Waals surface area (Å²) in [6.45, 7) is 7.75. The van der Waals surface area contributed by atoms with Crippen molar-refractivity contribution < 1.29 is 9.84 Å². The molecule has 4 heterocycles. The highest BCUT2D eigenvalue weighted by Crippen LogP contribution is 2.34. The lowest BCUT2D eigenvalue weighted by atomic mass is 9.89. The Balaban J connectivity index is 1.38. The van der Waals surface area contributed by atoms with Crippen molar-refractivity contribution in [2.75, 3.05) is 49.2 Å². The van der Waals surface area contributed by atoms with Crippen molar-refractivity contribution in [2.24, 2.45) is 5.92 Å². The second kappa shape index (κ2) is 8.76. The largest absolute Gasteiger partial charge is 0.388 e. The van der Waals surface area contributed by atoms with Crippen LogP contribution in [0.3, 0.4) is 0 Å². The number of rotatable bonds is 5. The van der Waals surface area contributed by atoms with Crippen LogP contribution in [-0.2, 0) is 11.3 Å². The molecule has 2 fully saturated rings. The van der Waals surface area contributed by atoms with E-state index >= 15 is 0 Å². The summed E-state index contributed by atoms with van der Waals surface area (Å²) >= 11 is 0. The normalized spacial score (nSPS) is 20.9. The maximum absolute atomic E-state index is 11.0. The molecule has 3 aromatic rings. The second-order valence-corrected chi connectivity index (χ2v) is 8.34. The second-order valence-electron chi connectivity index (χ2n) is 8.34. The van der Waals surface area contributed by atoms with Crippen LogP contribution in [0.1, 0.15) is 31.4 Å². The Hall–Kier alpha value is -2.78. The summed E-state index contributed by atoms with van der Waals surface area (Å²) in [6.07, 6.45) is 5.17. The van der Waals surface area contributed by atoms with E-state index in [1.54, 1.807) is 6.20 Å². The molecule has 0 radical (unpaired) electrons. The van der Waals surface area contributed by atoms with Crippen LogP contribution >= 0.6 is 0 Å². The molecule has 1 N–H and O–H groups in total. The minimum atomic E-state index is -0.530. The first kappa shape index (κ1) is 20.1. The molecule has 9 heteroatoms. The number of hydrogen-bond acceptors (Lipinski definition) is 8. The Morgan fingerprint density at radius 2 is 2.03 bits per heavy atom. The lowest BCUT2D eigenvalue weighted by Gasteiger charge is -2.35. The maximum atomic E-state index is 11.0. The van der Waals surface area contributed by atoms with Gasteiger partial charge in [0.05, 0.1) is 25.5 Å². The van der Waals surface area contributed by atoms with Crippen molar-refractivity contribution in [3.05, 3.63) is 36.2 Å². The number of fused-ring (bicyclic) bond motifs is 1. The first-order valence-corrected chi connectivity index (χ1v) is 11.1. The van der Waals surface area contributed by atoms with Gasteiger partial charge in [0.2, 0.25) is 0 Å². The maximum Gasteiger partial charge on any atom is 0.162 e. The molecule has 0 saturated carbocycles. The number of aliphatic hydroxyl groups is 1. The Morgan fingerprint density at radius 3 is 2.84 bits per heavy atom. The fourth-order valence-corrected chi connectivity index (χ4v) is 4.65. The summed E-state index contributed by atoms with van der Waals surface area (Å²) in [7, 11) is 0. The van der Waals surface area contributed by atoms with E-state index in [-0.39, 0.29) is 5.92 Å². The summed E-state index contributed by atoms with van der Waals surface area (Å²) < 4.78 is 7.32. The van der Waals surface area contributed by atoms with Crippen LogP contribution in [-0.4, -0.2) is 69.7 Å². The molecule has 1 unspecified atom stereocenters. The van der Waals surface area contributed by atoms with Crippen molar-refractivity contribution in [1.82, 2.24) is 25.2 Å². The van der Waals surface area contributed by atoms with Crippen LogP contribution in [0.25, 0.3) is 10.9 Å². The van der Waals surface area contributed by atoms with Crippen LogP contribution in [0.2, 0.25) is 0 Å². The number of benzene rings is 1. The molecule has 1 aromatic carbocycles. The summed E-state index contributed by atoms with van der Waals surface area (Å²) in [6, 6.07) is 6.33. The molecule has 31 heavy (non-hydrogen) atoms. The Bertz CT molecular complexity index is 1030.